The molecule has 2 aromatic carbocycles. The normalized spacial score (nSPS) is 21.0. The molecule has 1 aliphatic heterocycles. The molecular weight excluding hydrogens is 459 g/mol. The van der Waals surface area contributed by atoms with Gasteiger partial charge in [-0.25, -0.2) is 4.39 Å². The number of Topliss-reactive ketones (excluding diaryl/α,β-unsaturated/α-hetero) is 2. The molecule has 1 amide bonds. The number of aromatic nitrogens is 1. The topological polar surface area (TPSA) is 79.6 Å². The molecule has 2 heterocycles. The van der Waals surface area contributed by atoms with E-state index in [-0.39, 0.29) is 53.7 Å². The van der Waals surface area contributed by atoms with Crippen LogP contribution in [0, 0.1) is 11.7 Å². The number of benzene rings is 2. The summed E-state index contributed by atoms with van der Waals surface area (Å²) >= 11 is 5.84. The van der Waals surface area contributed by atoms with Gasteiger partial charge in [0.1, 0.15) is 18.1 Å². The number of aromatic hydroxyl groups is 1. The second kappa shape index (κ2) is 8.55. The van der Waals surface area contributed by atoms with Crippen molar-refractivity contribution >= 4 is 40.0 Å². The van der Waals surface area contributed by atoms with Gasteiger partial charge in [0.15, 0.2) is 11.6 Å². The summed E-state index contributed by atoms with van der Waals surface area (Å²) in [6, 6.07) is 8.96. The van der Waals surface area contributed by atoms with Crippen LogP contribution in [0.15, 0.2) is 42.6 Å². The molecule has 1 aliphatic carbocycles. The second-order valence-electron chi connectivity index (χ2n) is 9.22. The number of piperidine rings is 1. The van der Waals surface area contributed by atoms with Crippen LogP contribution in [0.4, 0.5) is 4.39 Å². The lowest BCUT2D eigenvalue weighted by atomic mass is 10.00. The molecule has 176 valence electrons. The molecule has 2 fully saturated rings. The molecule has 3 aromatic rings. The zero-order valence-electron chi connectivity index (χ0n) is 18.6. The quantitative estimate of drug-likeness (QED) is 0.502. The fraction of sp³-hybridized carbons (Fsp3) is 0.346. The van der Waals surface area contributed by atoms with E-state index in [0.717, 1.165) is 6.42 Å². The molecule has 3 atom stereocenters. The minimum Gasteiger partial charge on any atom is -0.508 e. The van der Waals surface area contributed by atoms with Gasteiger partial charge in [-0.3, -0.25) is 14.4 Å². The van der Waals surface area contributed by atoms with Crippen molar-refractivity contribution in [2.75, 3.05) is 0 Å². The first-order valence-corrected chi connectivity index (χ1v) is 11.7. The molecule has 0 bridgehead atoms. The molecule has 8 heteroatoms. The number of carbonyl (C=O) groups excluding carboxylic acids is 3. The van der Waals surface area contributed by atoms with Crippen LogP contribution in [0.5, 0.6) is 5.75 Å². The number of halogens is 2. The van der Waals surface area contributed by atoms with Gasteiger partial charge in [0, 0.05) is 35.7 Å². The Balaban J connectivity index is 1.34. The average molecular weight is 483 g/mol. The van der Waals surface area contributed by atoms with Crippen molar-refractivity contribution in [2.45, 2.75) is 51.2 Å². The van der Waals surface area contributed by atoms with Crippen molar-refractivity contribution in [2.24, 2.45) is 5.92 Å². The number of nitrogens with zero attached hydrogens (tertiary/aromatic N) is 2. The van der Waals surface area contributed by atoms with E-state index in [4.69, 9.17) is 11.6 Å². The Morgan fingerprint density at radius 1 is 1.18 bits per heavy atom. The SMILES string of the molecule is CC(=O)c1cn(CC(=O)N2[C@@H]3CC3C[C@H]2C(=O)CCc2cccc(Cl)c2F)c2cc(O)ccc12. The molecule has 0 radical (unpaired) electrons. The maximum atomic E-state index is 14.2. The zero-order chi connectivity index (χ0) is 24.1. The number of rotatable bonds is 7. The third kappa shape index (κ3) is 3.98. The standard InChI is InChI=1S/C26H24ClFN2O4/c1-14(31)19-12-29(22-11-17(32)6-7-18(19)22)13-25(34)30-21-9-16(21)10-23(30)24(33)8-5-15-3-2-4-20(27)26(15)28/h2-4,6-7,11-12,16,21,23,32H,5,8-10,13H2,1H3/t16?,21-,23+/m1/s1. The Labute approximate surface area is 200 Å². The molecule has 1 N–H and O–H groups in total. The van der Waals surface area contributed by atoms with Crippen molar-refractivity contribution in [3.8, 4) is 5.75 Å². The van der Waals surface area contributed by atoms with E-state index in [1.165, 1.54) is 25.1 Å². The van der Waals surface area contributed by atoms with Crippen LogP contribution in [-0.2, 0) is 22.6 Å². The summed E-state index contributed by atoms with van der Waals surface area (Å²) in [5.41, 5.74) is 1.45. The fourth-order valence-corrected chi connectivity index (χ4v) is 5.38. The fourth-order valence-electron chi connectivity index (χ4n) is 5.19. The van der Waals surface area contributed by atoms with Crippen molar-refractivity contribution in [3.05, 3.63) is 64.6 Å². The van der Waals surface area contributed by atoms with Gasteiger partial charge >= 0.3 is 0 Å². The van der Waals surface area contributed by atoms with Crippen molar-refractivity contribution in [1.29, 1.82) is 0 Å². The molecule has 1 aromatic heterocycles. The van der Waals surface area contributed by atoms with Crippen LogP contribution in [0.1, 0.15) is 42.1 Å². The van der Waals surface area contributed by atoms with E-state index in [0.29, 0.717) is 34.4 Å². The van der Waals surface area contributed by atoms with E-state index in [1.807, 2.05) is 0 Å². The third-order valence-electron chi connectivity index (χ3n) is 6.99. The number of phenolic OH excluding ortho intramolecular Hbond substituents is 1. The van der Waals surface area contributed by atoms with Crippen LogP contribution >= 0.6 is 11.6 Å². The smallest absolute Gasteiger partial charge is 0.243 e. The van der Waals surface area contributed by atoms with Gasteiger partial charge in [-0.1, -0.05) is 23.7 Å². The third-order valence-corrected chi connectivity index (χ3v) is 7.28. The molecular formula is C26H24ClFN2O4. The van der Waals surface area contributed by atoms with E-state index >= 15 is 0 Å². The molecule has 2 aliphatic rings. The van der Waals surface area contributed by atoms with E-state index in [1.54, 1.807) is 33.9 Å². The van der Waals surface area contributed by atoms with Gasteiger partial charge in [0.25, 0.3) is 0 Å². The predicted molar refractivity (Wildman–Crippen MR) is 125 cm³/mol. The van der Waals surface area contributed by atoms with Crippen LogP contribution in [0.2, 0.25) is 5.02 Å². The minimum atomic E-state index is -0.527. The van der Waals surface area contributed by atoms with Crippen LogP contribution in [-0.4, -0.2) is 44.1 Å². The van der Waals surface area contributed by atoms with Gasteiger partial charge in [0.2, 0.25) is 5.91 Å². The molecule has 1 saturated heterocycles. The highest BCUT2D eigenvalue weighted by molar-refractivity contribution is 6.30. The average Bonchev–Trinajstić information content (AvgIpc) is 3.31. The number of ketones is 2. The first-order chi connectivity index (χ1) is 16.2. The van der Waals surface area contributed by atoms with E-state index in [2.05, 4.69) is 0 Å². The van der Waals surface area contributed by atoms with Gasteiger partial charge < -0.3 is 14.6 Å². The summed E-state index contributed by atoms with van der Waals surface area (Å²) in [4.78, 5) is 40.2. The first kappa shape index (κ1) is 22.6. The number of aryl methyl sites for hydroxylation is 1. The molecule has 0 spiro atoms. The Kier molecular flexibility index (Phi) is 5.68. The minimum absolute atomic E-state index is 0.0266. The van der Waals surface area contributed by atoms with Crippen LogP contribution in [0.3, 0.4) is 0 Å². The van der Waals surface area contributed by atoms with Crippen molar-refractivity contribution < 1.29 is 23.9 Å². The molecule has 1 unspecified atom stereocenters. The van der Waals surface area contributed by atoms with Gasteiger partial charge in [0.05, 0.1) is 16.6 Å². The highest BCUT2D eigenvalue weighted by Gasteiger charge is 2.55. The summed E-state index contributed by atoms with van der Waals surface area (Å²) in [7, 11) is 0. The van der Waals surface area contributed by atoms with Crippen molar-refractivity contribution in [3.63, 3.8) is 0 Å². The summed E-state index contributed by atoms with van der Waals surface area (Å²) < 4.78 is 15.9. The lowest BCUT2D eigenvalue weighted by Gasteiger charge is -2.27. The van der Waals surface area contributed by atoms with E-state index in [9.17, 15) is 23.9 Å². The highest BCUT2D eigenvalue weighted by Crippen LogP contribution is 2.48. The number of hydrogen-bond acceptors (Lipinski definition) is 4. The summed E-state index contributed by atoms with van der Waals surface area (Å²) in [6.45, 7) is 1.42. The first-order valence-electron chi connectivity index (χ1n) is 11.3. The molecule has 5 rings (SSSR count). The van der Waals surface area contributed by atoms with Gasteiger partial charge in [-0.15, -0.1) is 0 Å². The lowest BCUT2D eigenvalue weighted by molar-refractivity contribution is -0.139. The second-order valence-corrected chi connectivity index (χ2v) is 9.63. The van der Waals surface area contributed by atoms with E-state index < -0.39 is 11.9 Å². The van der Waals surface area contributed by atoms with Gasteiger partial charge in [-0.05, 0) is 55.9 Å². The number of carbonyl (C=O) groups is 3. The predicted octanol–water partition coefficient (Wildman–Crippen LogP) is 4.53. The number of hydrogen-bond donors (Lipinski definition) is 1. The number of phenols is 1. The number of fused-ring (bicyclic) bond motifs is 2. The Morgan fingerprint density at radius 3 is 2.74 bits per heavy atom. The molecule has 34 heavy (non-hydrogen) atoms. The van der Waals surface area contributed by atoms with Gasteiger partial charge in [-0.2, -0.15) is 0 Å². The van der Waals surface area contributed by atoms with Crippen molar-refractivity contribution in [1.82, 2.24) is 9.47 Å². The Hall–Kier alpha value is -3.19. The summed E-state index contributed by atoms with van der Waals surface area (Å²) in [5, 5.41) is 10.6. The Bertz CT molecular complexity index is 1330. The maximum absolute atomic E-state index is 14.2. The largest absolute Gasteiger partial charge is 0.508 e. The van der Waals surface area contributed by atoms with Crippen LogP contribution in [0.25, 0.3) is 10.9 Å². The molecule has 1 saturated carbocycles. The summed E-state index contributed by atoms with van der Waals surface area (Å²) in [5.74, 6) is -0.569. The van der Waals surface area contributed by atoms with Crippen LogP contribution < -0.4 is 0 Å². The number of likely N-dealkylation sites (tertiary alicyclic amines) is 1. The highest BCUT2D eigenvalue weighted by atomic mass is 35.5. The lowest BCUT2D eigenvalue weighted by Crippen LogP contribution is -2.44. The zero-order valence-corrected chi connectivity index (χ0v) is 19.4. The summed E-state index contributed by atoms with van der Waals surface area (Å²) in [6.07, 6.45) is 3.48. The molecule has 6 nitrogen and oxygen atoms in total. The maximum Gasteiger partial charge on any atom is 0.243 e. The Morgan fingerprint density at radius 2 is 1.97 bits per heavy atom. The number of amides is 1. The monoisotopic (exact) mass is 482 g/mol.